The van der Waals surface area contributed by atoms with Crippen LogP contribution in [0.4, 0.5) is 5.69 Å². The number of β-amino-alcohol motifs (C(OH)–C–C–N with tert-alkyl or cyclic N) is 1. The third kappa shape index (κ3) is 4.38. The lowest BCUT2D eigenvalue weighted by Gasteiger charge is -2.28. The largest absolute Gasteiger partial charge is 0.390 e. The van der Waals surface area contributed by atoms with E-state index in [1.54, 1.807) is 0 Å². The lowest BCUT2D eigenvalue weighted by atomic mass is 10.2. The van der Waals surface area contributed by atoms with Crippen LogP contribution in [0.1, 0.15) is 0 Å². The predicted octanol–water partition coefficient (Wildman–Crippen LogP) is 1.40. The topological polar surface area (TPSA) is 44.7 Å². The highest BCUT2D eigenvalue weighted by Crippen LogP contribution is 2.16. The fraction of sp³-hybridized carbons (Fsp3) is 0.538. The van der Waals surface area contributed by atoms with Gasteiger partial charge in [-0.2, -0.15) is 0 Å². The second-order valence-corrected chi connectivity index (χ2v) is 5.59. The number of halogens is 1. The van der Waals surface area contributed by atoms with Crippen LogP contribution >= 0.6 is 22.6 Å². The summed E-state index contributed by atoms with van der Waals surface area (Å²) in [6.07, 6.45) is -0.348. The van der Waals surface area contributed by atoms with Crippen LogP contribution in [0.2, 0.25) is 0 Å². The lowest BCUT2D eigenvalue weighted by Crippen LogP contribution is -2.42. The zero-order valence-corrected chi connectivity index (χ0v) is 12.5. The Balaban J connectivity index is 1.74. The Morgan fingerprint density at radius 2 is 2.06 bits per heavy atom. The number of hydrogen-bond acceptors (Lipinski definition) is 4. The number of aliphatic hydroxyl groups excluding tert-OH is 1. The maximum atomic E-state index is 10.0. The predicted molar refractivity (Wildman–Crippen MR) is 80.9 cm³/mol. The van der Waals surface area contributed by atoms with Gasteiger partial charge in [0.25, 0.3) is 0 Å². The Kier molecular flexibility index (Phi) is 5.68. The van der Waals surface area contributed by atoms with Crippen LogP contribution in [0.5, 0.6) is 0 Å². The first-order chi connectivity index (χ1) is 8.75. The van der Waals surface area contributed by atoms with E-state index >= 15 is 0 Å². The standard InChI is InChI=1S/C13H19IN2O2/c14-12-3-1-2-4-13(12)15-9-11(17)10-16-5-7-18-8-6-16/h1-4,11,15,17H,5-10H2. The van der Waals surface area contributed by atoms with Crippen molar-refractivity contribution in [3.05, 3.63) is 27.8 Å². The van der Waals surface area contributed by atoms with Gasteiger partial charge in [0.05, 0.1) is 19.3 Å². The highest BCUT2D eigenvalue weighted by Gasteiger charge is 2.14. The summed E-state index contributed by atoms with van der Waals surface area (Å²) in [5.74, 6) is 0. The third-order valence-electron chi connectivity index (χ3n) is 2.97. The SMILES string of the molecule is OC(CNc1ccccc1I)CN1CCOCC1. The summed E-state index contributed by atoms with van der Waals surface area (Å²) in [5.41, 5.74) is 1.08. The van der Waals surface area contributed by atoms with Crippen molar-refractivity contribution in [3.63, 3.8) is 0 Å². The molecule has 0 aliphatic carbocycles. The van der Waals surface area contributed by atoms with Crippen LogP contribution in [0, 0.1) is 3.57 Å². The first-order valence-electron chi connectivity index (χ1n) is 6.22. The van der Waals surface area contributed by atoms with E-state index in [9.17, 15) is 5.11 Å². The van der Waals surface area contributed by atoms with E-state index in [-0.39, 0.29) is 6.10 Å². The summed E-state index contributed by atoms with van der Waals surface area (Å²) in [4.78, 5) is 2.24. The minimum Gasteiger partial charge on any atom is -0.390 e. The number of ether oxygens (including phenoxy) is 1. The van der Waals surface area contributed by atoms with Crippen molar-refractivity contribution in [2.45, 2.75) is 6.10 Å². The summed E-state index contributed by atoms with van der Waals surface area (Å²) in [7, 11) is 0. The Morgan fingerprint density at radius 1 is 1.33 bits per heavy atom. The summed E-state index contributed by atoms with van der Waals surface area (Å²) in [6.45, 7) is 4.67. The van der Waals surface area contributed by atoms with Gasteiger partial charge in [0.2, 0.25) is 0 Å². The first kappa shape index (κ1) is 14.0. The molecule has 18 heavy (non-hydrogen) atoms. The second-order valence-electron chi connectivity index (χ2n) is 4.43. The molecule has 1 saturated heterocycles. The Morgan fingerprint density at radius 3 is 2.78 bits per heavy atom. The smallest absolute Gasteiger partial charge is 0.0839 e. The van der Waals surface area contributed by atoms with Gasteiger partial charge in [-0.3, -0.25) is 4.90 Å². The highest BCUT2D eigenvalue weighted by atomic mass is 127. The number of hydrogen-bond donors (Lipinski definition) is 2. The van der Waals surface area contributed by atoms with Crippen LogP contribution in [0.15, 0.2) is 24.3 Å². The van der Waals surface area contributed by atoms with Gasteiger partial charge in [-0.1, -0.05) is 12.1 Å². The fourth-order valence-corrected chi connectivity index (χ4v) is 2.56. The Bertz CT molecular complexity index is 370. The summed E-state index contributed by atoms with van der Waals surface area (Å²) >= 11 is 2.29. The van der Waals surface area contributed by atoms with Gasteiger partial charge in [-0.25, -0.2) is 0 Å². The maximum Gasteiger partial charge on any atom is 0.0839 e. The molecule has 1 atom stereocenters. The van der Waals surface area contributed by atoms with Crippen LogP contribution in [0.25, 0.3) is 0 Å². The van der Waals surface area contributed by atoms with Crippen molar-refractivity contribution < 1.29 is 9.84 Å². The monoisotopic (exact) mass is 362 g/mol. The van der Waals surface area contributed by atoms with Crippen LogP contribution in [-0.4, -0.2) is 55.5 Å². The third-order valence-corrected chi connectivity index (χ3v) is 3.92. The molecule has 100 valence electrons. The van der Waals surface area contributed by atoms with E-state index < -0.39 is 0 Å². The van der Waals surface area contributed by atoms with E-state index in [0.29, 0.717) is 13.1 Å². The molecule has 1 unspecified atom stereocenters. The molecule has 1 heterocycles. The quantitative estimate of drug-likeness (QED) is 0.778. The molecule has 0 bridgehead atoms. The summed E-state index contributed by atoms with van der Waals surface area (Å²) < 4.78 is 6.46. The van der Waals surface area contributed by atoms with Crippen LogP contribution in [0.3, 0.4) is 0 Å². The molecular weight excluding hydrogens is 343 g/mol. The molecule has 0 saturated carbocycles. The average molecular weight is 362 g/mol. The van der Waals surface area contributed by atoms with Gasteiger partial charge >= 0.3 is 0 Å². The van der Waals surface area contributed by atoms with Crippen molar-refractivity contribution in [1.82, 2.24) is 4.90 Å². The van der Waals surface area contributed by atoms with Crippen LogP contribution in [-0.2, 0) is 4.74 Å². The molecule has 2 rings (SSSR count). The molecule has 1 aromatic carbocycles. The van der Waals surface area contributed by atoms with Gasteiger partial charge in [0.15, 0.2) is 0 Å². The number of anilines is 1. The Labute approximate surface area is 121 Å². The van der Waals surface area contributed by atoms with E-state index in [2.05, 4.69) is 38.9 Å². The van der Waals surface area contributed by atoms with Crippen molar-refractivity contribution in [2.24, 2.45) is 0 Å². The highest BCUT2D eigenvalue weighted by molar-refractivity contribution is 14.1. The molecule has 2 N–H and O–H groups in total. The van der Waals surface area contributed by atoms with Crippen LogP contribution < -0.4 is 5.32 Å². The van der Waals surface area contributed by atoms with E-state index in [1.165, 1.54) is 3.57 Å². The molecule has 1 aromatic rings. The van der Waals surface area contributed by atoms with Crippen molar-refractivity contribution >= 4 is 28.3 Å². The van der Waals surface area contributed by atoms with Crippen molar-refractivity contribution in [1.29, 1.82) is 0 Å². The lowest BCUT2D eigenvalue weighted by molar-refractivity contribution is 0.0171. The van der Waals surface area contributed by atoms with Gasteiger partial charge in [-0.05, 0) is 34.7 Å². The zero-order valence-electron chi connectivity index (χ0n) is 10.3. The molecule has 5 heteroatoms. The second kappa shape index (κ2) is 7.28. The molecule has 0 amide bonds. The van der Waals surface area contributed by atoms with Gasteiger partial charge in [-0.15, -0.1) is 0 Å². The Hall–Kier alpha value is -0.370. The maximum absolute atomic E-state index is 10.0. The molecule has 4 nitrogen and oxygen atoms in total. The number of morpholine rings is 1. The molecular formula is C13H19IN2O2. The number of para-hydroxylation sites is 1. The summed E-state index contributed by atoms with van der Waals surface area (Å²) in [5, 5.41) is 13.3. The minimum atomic E-state index is -0.348. The molecule has 1 aliphatic heterocycles. The normalized spacial score (nSPS) is 18.6. The molecule has 1 aliphatic rings. The van der Waals surface area contributed by atoms with Crippen molar-refractivity contribution in [3.8, 4) is 0 Å². The molecule has 0 spiro atoms. The number of aliphatic hydroxyl groups is 1. The number of rotatable bonds is 5. The van der Waals surface area contributed by atoms with E-state index in [1.807, 2.05) is 18.2 Å². The van der Waals surface area contributed by atoms with Gasteiger partial charge < -0.3 is 15.2 Å². The van der Waals surface area contributed by atoms with E-state index in [4.69, 9.17) is 4.74 Å². The zero-order chi connectivity index (χ0) is 12.8. The first-order valence-corrected chi connectivity index (χ1v) is 7.30. The van der Waals surface area contributed by atoms with Gasteiger partial charge in [0, 0.05) is 35.4 Å². The van der Waals surface area contributed by atoms with E-state index in [0.717, 1.165) is 32.0 Å². The minimum absolute atomic E-state index is 0.348. The summed E-state index contributed by atoms with van der Waals surface area (Å²) in [6, 6.07) is 8.09. The van der Waals surface area contributed by atoms with Gasteiger partial charge in [0.1, 0.15) is 0 Å². The molecule has 0 radical (unpaired) electrons. The fourth-order valence-electron chi connectivity index (χ4n) is 1.98. The molecule has 0 aromatic heterocycles. The van der Waals surface area contributed by atoms with Crippen molar-refractivity contribution in [2.75, 3.05) is 44.7 Å². The number of nitrogens with zero attached hydrogens (tertiary/aromatic N) is 1. The number of nitrogens with one attached hydrogen (secondary N) is 1. The molecule has 1 fully saturated rings. The average Bonchev–Trinajstić information content (AvgIpc) is 2.39. The number of benzene rings is 1.